The van der Waals surface area contributed by atoms with Gasteiger partial charge in [-0.2, -0.15) is 4.98 Å². The highest BCUT2D eigenvalue weighted by atomic mass is 15.2. The zero-order chi connectivity index (χ0) is 14.4. The minimum absolute atomic E-state index is 0.695. The van der Waals surface area contributed by atoms with Crippen LogP contribution in [0.5, 0.6) is 0 Å². The van der Waals surface area contributed by atoms with Crippen molar-refractivity contribution in [2.75, 3.05) is 23.8 Å². The summed E-state index contributed by atoms with van der Waals surface area (Å²) in [7, 11) is 2.05. The molecule has 0 bridgehead atoms. The van der Waals surface area contributed by atoms with E-state index in [0.29, 0.717) is 5.95 Å². The van der Waals surface area contributed by atoms with Gasteiger partial charge < -0.3 is 10.2 Å². The van der Waals surface area contributed by atoms with E-state index in [0.717, 1.165) is 25.3 Å². The van der Waals surface area contributed by atoms with Gasteiger partial charge in [-0.3, -0.25) is 0 Å². The van der Waals surface area contributed by atoms with E-state index in [1.165, 1.54) is 11.1 Å². The Balaban J connectivity index is 2.06. The standard InChI is InChI=1S/C16H22N4/c1-4-9-17-16-18-10-8-15(19-16)20(3)12-14-7-5-6-13(2)11-14/h5-8,10-11H,4,9,12H2,1-3H3,(H,17,18,19). The molecule has 0 atom stereocenters. The maximum Gasteiger partial charge on any atom is 0.224 e. The first-order valence-corrected chi connectivity index (χ1v) is 7.02. The van der Waals surface area contributed by atoms with E-state index in [1.807, 2.05) is 13.1 Å². The second-order valence-electron chi connectivity index (χ2n) is 5.01. The molecule has 0 aliphatic carbocycles. The van der Waals surface area contributed by atoms with Gasteiger partial charge in [-0.05, 0) is 25.0 Å². The monoisotopic (exact) mass is 270 g/mol. The number of anilines is 2. The first kappa shape index (κ1) is 14.3. The van der Waals surface area contributed by atoms with Crippen LogP contribution in [0.15, 0.2) is 36.5 Å². The molecular weight excluding hydrogens is 248 g/mol. The molecule has 0 radical (unpaired) electrons. The lowest BCUT2D eigenvalue weighted by Gasteiger charge is -2.19. The van der Waals surface area contributed by atoms with Gasteiger partial charge in [0.25, 0.3) is 0 Å². The number of hydrogen-bond donors (Lipinski definition) is 1. The maximum atomic E-state index is 4.53. The first-order valence-electron chi connectivity index (χ1n) is 7.02. The van der Waals surface area contributed by atoms with E-state index in [4.69, 9.17) is 0 Å². The van der Waals surface area contributed by atoms with E-state index in [9.17, 15) is 0 Å². The molecule has 4 heteroatoms. The molecule has 2 rings (SSSR count). The Kier molecular flexibility index (Phi) is 4.93. The van der Waals surface area contributed by atoms with Crippen LogP contribution in [0, 0.1) is 6.92 Å². The summed E-state index contributed by atoms with van der Waals surface area (Å²) < 4.78 is 0. The van der Waals surface area contributed by atoms with Crippen LogP contribution in [0.2, 0.25) is 0 Å². The predicted molar refractivity (Wildman–Crippen MR) is 84.1 cm³/mol. The molecule has 0 spiro atoms. The summed E-state index contributed by atoms with van der Waals surface area (Å²) in [6, 6.07) is 10.5. The van der Waals surface area contributed by atoms with Crippen molar-refractivity contribution in [1.82, 2.24) is 9.97 Å². The summed E-state index contributed by atoms with van der Waals surface area (Å²) >= 11 is 0. The highest BCUT2D eigenvalue weighted by molar-refractivity contribution is 5.42. The van der Waals surface area contributed by atoms with Gasteiger partial charge in [-0.15, -0.1) is 0 Å². The number of aromatic nitrogens is 2. The normalized spacial score (nSPS) is 10.3. The second kappa shape index (κ2) is 6.89. The van der Waals surface area contributed by atoms with E-state index < -0.39 is 0 Å². The first-order chi connectivity index (χ1) is 9.69. The highest BCUT2D eigenvalue weighted by Crippen LogP contribution is 2.14. The molecule has 1 heterocycles. The molecule has 4 nitrogen and oxygen atoms in total. The van der Waals surface area contributed by atoms with E-state index >= 15 is 0 Å². The van der Waals surface area contributed by atoms with E-state index in [-0.39, 0.29) is 0 Å². The van der Waals surface area contributed by atoms with Crippen LogP contribution in [-0.4, -0.2) is 23.6 Å². The van der Waals surface area contributed by atoms with Gasteiger partial charge in [0.2, 0.25) is 5.95 Å². The Hall–Kier alpha value is -2.10. The van der Waals surface area contributed by atoms with Crippen molar-refractivity contribution in [2.45, 2.75) is 26.8 Å². The van der Waals surface area contributed by atoms with Crippen LogP contribution in [0.3, 0.4) is 0 Å². The SMILES string of the molecule is CCCNc1nccc(N(C)Cc2cccc(C)c2)n1. The average molecular weight is 270 g/mol. The van der Waals surface area contributed by atoms with E-state index in [1.54, 1.807) is 6.20 Å². The molecule has 1 aromatic heterocycles. The number of nitrogens with one attached hydrogen (secondary N) is 1. The lowest BCUT2D eigenvalue weighted by atomic mass is 10.1. The molecule has 0 unspecified atom stereocenters. The molecular formula is C16H22N4. The van der Waals surface area contributed by atoms with Crippen LogP contribution >= 0.6 is 0 Å². The Labute approximate surface area is 120 Å². The maximum absolute atomic E-state index is 4.53. The zero-order valence-corrected chi connectivity index (χ0v) is 12.4. The minimum Gasteiger partial charge on any atom is -0.355 e. The topological polar surface area (TPSA) is 41.1 Å². The third kappa shape index (κ3) is 3.95. The molecule has 1 aromatic carbocycles. The quantitative estimate of drug-likeness (QED) is 0.875. The molecule has 1 N–H and O–H groups in total. The summed E-state index contributed by atoms with van der Waals surface area (Å²) in [5.41, 5.74) is 2.57. The molecule has 0 saturated heterocycles. The third-order valence-electron chi connectivity index (χ3n) is 3.07. The summed E-state index contributed by atoms with van der Waals surface area (Å²) in [5, 5.41) is 3.21. The number of benzene rings is 1. The van der Waals surface area contributed by atoms with E-state index in [2.05, 4.69) is 58.3 Å². The smallest absolute Gasteiger partial charge is 0.224 e. The van der Waals surface area contributed by atoms with Crippen molar-refractivity contribution >= 4 is 11.8 Å². The largest absolute Gasteiger partial charge is 0.355 e. The molecule has 0 aliphatic heterocycles. The number of hydrogen-bond acceptors (Lipinski definition) is 4. The fraction of sp³-hybridized carbons (Fsp3) is 0.375. The van der Waals surface area contributed by atoms with Gasteiger partial charge in [0.15, 0.2) is 0 Å². The Morgan fingerprint density at radius 3 is 2.85 bits per heavy atom. The molecule has 20 heavy (non-hydrogen) atoms. The lowest BCUT2D eigenvalue weighted by molar-refractivity contribution is 0.883. The fourth-order valence-corrected chi connectivity index (χ4v) is 2.05. The van der Waals surface area contributed by atoms with Crippen molar-refractivity contribution < 1.29 is 0 Å². The number of nitrogens with zero attached hydrogens (tertiary/aromatic N) is 3. The van der Waals surface area contributed by atoms with Crippen molar-refractivity contribution in [3.05, 3.63) is 47.7 Å². The molecule has 0 saturated carbocycles. The van der Waals surface area contributed by atoms with Crippen molar-refractivity contribution in [2.24, 2.45) is 0 Å². The van der Waals surface area contributed by atoms with Gasteiger partial charge in [0.05, 0.1) is 0 Å². The zero-order valence-electron chi connectivity index (χ0n) is 12.4. The summed E-state index contributed by atoms with van der Waals surface area (Å²) in [6.45, 7) is 5.97. The van der Waals surface area contributed by atoms with Gasteiger partial charge in [0, 0.05) is 26.3 Å². The molecule has 0 amide bonds. The third-order valence-corrected chi connectivity index (χ3v) is 3.07. The van der Waals surface area contributed by atoms with Gasteiger partial charge >= 0.3 is 0 Å². The molecule has 2 aromatic rings. The van der Waals surface area contributed by atoms with Gasteiger partial charge in [0.1, 0.15) is 5.82 Å². The molecule has 106 valence electrons. The van der Waals surface area contributed by atoms with Crippen molar-refractivity contribution in [3.63, 3.8) is 0 Å². The van der Waals surface area contributed by atoms with Gasteiger partial charge in [-0.25, -0.2) is 4.98 Å². The second-order valence-corrected chi connectivity index (χ2v) is 5.01. The highest BCUT2D eigenvalue weighted by Gasteiger charge is 2.05. The summed E-state index contributed by atoms with van der Waals surface area (Å²) in [6.07, 6.45) is 2.86. The van der Waals surface area contributed by atoms with Crippen molar-refractivity contribution in [3.8, 4) is 0 Å². The van der Waals surface area contributed by atoms with Crippen LogP contribution in [0.1, 0.15) is 24.5 Å². The molecule has 0 fully saturated rings. The van der Waals surface area contributed by atoms with Crippen LogP contribution in [-0.2, 0) is 6.54 Å². The van der Waals surface area contributed by atoms with Crippen LogP contribution < -0.4 is 10.2 Å². The fourth-order valence-electron chi connectivity index (χ4n) is 2.05. The summed E-state index contributed by atoms with van der Waals surface area (Å²) in [4.78, 5) is 10.9. The Morgan fingerprint density at radius 2 is 2.10 bits per heavy atom. The lowest BCUT2D eigenvalue weighted by Crippen LogP contribution is -2.18. The predicted octanol–water partition coefficient (Wildman–Crippen LogP) is 3.24. The van der Waals surface area contributed by atoms with Crippen molar-refractivity contribution in [1.29, 1.82) is 0 Å². The Bertz CT molecular complexity index is 554. The van der Waals surface area contributed by atoms with Crippen LogP contribution in [0.4, 0.5) is 11.8 Å². The Morgan fingerprint density at radius 1 is 1.25 bits per heavy atom. The summed E-state index contributed by atoms with van der Waals surface area (Å²) in [5.74, 6) is 1.63. The number of aryl methyl sites for hydroxylation is 1. The minimum atomic E-state index is 0.695. The molecule has 0 aliphatic rings. The number of rotatable bonds is 6. The van der Waals surface area contributed by atoms with Crippen LogP contribution in [0.25, 0.3) is 0 Å². The average Bonchev–Trinajstić information content (AvgIpc) is 2.45. The van der Waals surface area contributed by atoms with Gasteiger partial charge in [-0.1, -0.05) is 36.8 Å².